The number of aromatic nitrogens is 1. The van der Waals surface area contributed by atoms with Gasteiger partial charge in [-0.25, -0.2) is 13.8 Å². The lowest BCUT2D eigenvalue weighted by Crippen LogP contribution is -2.20. The highest BCUT2D eigenvalue weighted by atomic mass is 79.9. The van der Waals surface area contributed by atoms with Gasteiger partial charge in [0, 0.05) is 24.1 Å². The van der Waals surface area contributed by atoms with E-state index in [2.05, 4.69) is 20.9 Å². The molecule has 2 N–H and O–H groups in total. The summed E-state index contributed by atoms with van der Waals surface area (Å²) in [5.74, 6) is -1.86. The number of nitrogens with two attached hydrogens (primary N) is 1. The van der Waals surface area contributed by atoms with E-state index in [0.717, 1.165) is 16.1 Å². The van der Waals surface area contributed by atoms with Crippen LogP contribution in [0.25, 0.3) is 0 Å². The molecule has 19 heavy (non-hydrogen) atoms. The number of benzene rings is 1. The molecule has 0 amide bonds. The predicted molar refractivity (Wildman–Crippen MR) is 74.8 cm³/mol. The van der Waals surface area contributed by atoms with Gasteiger partial charge in [-0.05, 0) is 17.7 Å². The number of nitrogen functional groups attached to an aromatic ring is 1. The third-order valence-corrected chi connectivity index (χ3v) is 3.16. The molecule has 0 unspecified atom stereocenters. The smallest absolute Gasteiger partial charge is 0.168 e. The van der Waals surface area contributed by atoms with E-state index < -0.39 is 11.6 Å². The fourth-order valence-electron chi connectivity index (χ4n) is 1.68. The molecule has 1 aromatic carbocycles. The van der Waals surface area contributed by atoms with Gasteiger partial charge in [-0.3, -0.25) is 0 Å². The summed E-state index contributed by atoms with van der Waals surface area (Å²) in [6, 6.07) is 8.35. The van der Waals surface area contributed by atoms with E-state index in [1.165, 1.54) is 0 Å². The van der Waals surface area contributed by atoms with Gasteiger partial charge in [-0.2, -0.15) is 0 Å². The van der Waals surface area contributed by atoms with Gasteiger partial charge < -0.3 is 10.6 Å². The first-order valence-electron chi connectivity index (χ1n) is 5.54. The van der Waals surface area contributed by atoms with Crippen molar-refractivity contribution in [1.82, 2.24) is 4.98 Å². The quantitative estimate of drug-likeness (QED) is 0.940. The fourth-order valence-corrected chi connectivity index (χ4v) is 1.94. The summed E-state index contributed by atoms with van der Waals surface area (Å²) in [4.78, 5) is 5.31. The van der Waals surface area contributed by atoms with Crippen LogP contribution in [-0.2, 0) is 6.54 Å². The summed E-state index contributed by atoms with van der Waals surface area (Å²) in [6.45, 7) is 0.447. The standard InChI is InChI=1S/C13H12BrF2N3/c1-19(7-8-2-4-9(14)5-3-8)13-11(16)6-10(15)12(17)18-13/h2-6H,7H2,1H3,(H2,17,18). The van der Waals surface area contributed by atoms with Crippen LogP contribution in [0.15, 0.2) is 34.8 Å². The van der Waals surface area contributed by atoms with E-state index in [1.807, 2.05) is 24.3 Å². The van der Waals surface area contributed by atoms with Crippen LogP contribution in [0.5, 0.6) is 0 Å². The zero-order chi connectivity index (χ0) is 14.0. The van der Waals surface area contributed by atoms with Crippen molar-refractivity contribution in [3.05, 3.63) is 52.0 Å². The van der Waals surface area contributed by atoms with Crippen molar-refractivity contribution in [1.29, 1.82) is 0 Å². The zero-order valence-electron chi connectivity index (χ0n) is 10.2. The Morgan fingerprint density at radius 1 is 1.21 bits per heavy atom. The van der Waals surface area contributed by atoms with E-state index in [4.69, 9.17) is 5.73 Å². The Hall–Kier alpha value is -1.69. The minimum atomic E-state index is -0.849. The van der Waals surface area contributed by atoms with Crippen LogP contribution in [-0.4, -0.2) is 12.0 Å². The molecule has 3 nitrogen and oxygen atoms in total. The van der Waals surface area contributed by atoms with Crippen molar-refractivity contribution in [3.8, 4) is 0 Å². The molecule has 100 valence electrons. The summed E-state index contributed by atoms with van der Waals surface area (Å²) >= 11 is 3.34. The largest absolute Gasteiger partial charge is 0.381 e. The molecule has 0 bridgehead atoms. The number of anilines is 2. The molecule has 2 rings (SSSR count). The average molecular weight is 328 g/mol. The zero-order valence-corrected chi connectivity index (χ0v) is 11.8. The van der Waals surface area contributed by atoms with Crippen LogP contribution < -0.4 is 10.6 Å². The number of rotatable bonds is 3. The lowest BCUT2D eigenvalue weighted by Gasteiger charge is -2.19. The first-order chi connectivity index (χ1) is 8.97. The Morgan fingerprint density at radius 2 is 1.84 bits per heavy atom. The van der Waals surface area contributed by atoms with E-state index >= 15 is 0 Å². The van der Waals surface area contributed by atoms with Crippen LogP contribution in [0.3, 0.4) is 0 Å². The molecule has 0 aliphatic carbocycles. The number of pyridine rings is 1. The first-order valence-corrected chi connectivity index (χ1v) is 6.34. The second-order valence-electron chi connectivity index (χ2n) is 4.14. The molecule has 6 heteroatoms. The monoisotopic (exact) mass is 327 g/mol. The lowest BCUT2D eigenvalue weighted by molar-refractivity contribution is 0.574. The summed E-state index contributed by atoms with van der Waals surface area (Å²) < 4.78 is 27.7. The van der Waals surface area contributed by atoms with Gasteiger partial charge in [0.25, 0.3) is 0 Å². The number of halogens is 3. The predicted octanol–water partition coefficient (Wildman–Crippen LogP) is 3.34. The molecular weight excluding hydrogens is 316 g/mol. The van der Waals surface area contributed by atoms with Crippen molar-refractivity contribution in [2.75, 3.05) is 17.7 Å². The van der Waals surface area contributed by atoms with Crippen LogP contribution in [0.4, 0.5) is 20.4 Å². The minimum absolute atomic E-state index is 0.0295. The molecule has 0 fully saturated rings. The Kier molecular flexibility index (Phi) is 3.99. The molecule has 0 atom stereocenters. The SMILES string of the molecule is CN(Cc1ccc(Br)cc1)c1nc(N)c(F)cc1F. The molecule has 2 aromatic rings. The molecule has 0 radical (unpaired) electrons. The van der Waals surface area contributed by atoms with Crippen LogP contribution >= 0.6 is 15.9 Å². The van der Waals surface area contributed by atoms with Crippen LogP contribution in [0.1, 0.15) is 5.56 Å². The third-order valence-electron chi connectivity index (χ3n) is 2.63. The highest BCUT2D eigenvalue weighted by molar-refractivity contribution is 9.10. The van der Waals surface area contributed by atoms with Crippen molar-refractivity contribution in [2.45, 2.75) is 6.54 Å². The van der Waals surface area contributed by atoms with Crippen molar-refractivity contribution < 1.29 is 8.78 Å². The van der Waals surface area contributed by atoms with Gasteiger partial charge in [0.1, 0.15) is 0 Å². The maximum absolute atomic E-state index is 13.6. The van der Waals surface area contributed by atoms with Crippen LogP contribution in [0, 0.1) is 11.6 Å². The highest BCUT2D eigenvalue weighted by Gasteiger charge is 2.13. The second-order valence-corrected chi connectivity index (χ2v) is 5.06. The Morgan fingerprint density at radius 3 is 2.47 bits per heavy atom. The highest BCUT2D eigenvalue weighted by Crippen LogP contribution is 2.21. The Balaban J connectivity index is 2.22. The minimum Gasteiger partial charge on any atom is -0.381 e. The lowest BCUT2D eigenvalue weighted by atomic mass is 10.2. The molecule has 0 saturated carbocycles. The average Bonchev–Trinajstić information content (AvgIpc) is 2.36. The first kappa shape index (κ1) is 13.7. The second kappa shape index (κ2) is 5.52. The Labute approximate surface area is 118 Å². The third kappa shape index (κ3) is 3.20. The van der Waals surface area contributed by atoms with Gasteiger partial charge >= 0.3 is 0 Å². The number of hydrogen-bond donors (Lipinski definition) is 1. The molecule has 1 aromatic heterocycles. The molecule has 0 aliphatic rings. The molecule has 0 aliphatic heterocycles. The van der Waals surface area contributed by atoms with E-state index in [-0.39, 0.29) is 11.6 Å². The van der Waals surface area contributed by atoms with Gasteiger partial charge in [-0.1, -0.05) is 28.1 Å². The van der Waals surface area contributed by atoms with Gasteiger partial charge in [0.2, 0.25) is 0 Å². The van der Waals surface area contributed by atoms with Gasteiger partial charge in [0.15, 0.2) is 23.3 Å². The topological polar surface area (TPSA) is 42.2 Å². The van der Waals surface area contributed by atoms with Crippen molar-refractivity contribution >= 4 is 27.6 Å². The van der Waals surface area contributed by atoms with Crippen molar-refractivity contribution in [3.63, 3.8) is 0 Å². The summed E-state index contributed by atoms with van der Waals surface area (Å²) in [5.41, 5.74) is 6.34. The summed E-state index contributed by atoms with van der Waals surface area (Å²) in [6.07, 6.45) is 0. The molecular formula is C13H12BrF2N3. The van der Waals surface area contributed by atoms with E-state index in [9.17, 15) is 8.78 Å². The summed E-state index contributed by atoms with van der Waals surface area (Å²) in [7, 11) is 1.67. The van der Waals surface area contributed by atoms with Gasteiger partial charge in [-0.15, -0.1) is 0 Å². The Bertz CT molecular complexity index is 587. The normalized spacial score (nSPS) is 10.5. The van der Waals surface area contributed by atoms with E-state index in [0.29, 0.717) is 6.54 Å². The van der Waals surface area contributed by atoms with Gasteiger partial charge in [0.05, 0.1) is 0 Å². The number of hydrogen-bond acceptors (Lipinski definition) is 3. The molecule has 0 saturated heterocycles. The molecule has 1 heterocycles. The summed E-state index contributed by atoms with van der Waals surface area (Å²) in [5, 5.41) is 0. The fraction of sp³-hybridized carbons (Fsp3) is 0.154. The number of nitrogens with zero attached hydrogens (tertiary/aromatic N) is 2. The maximum atomic E-state index is 13.6. The van der Waals surface area contributed by atoms with Crippen LogP contribution in [0.2, 0.25) is 0 Å². The molecule has 0 spiro atoms. The van der Waals surface area contributed by atoms with Crippen molar-refractivity contribution in [2.24, 2.45) is 0 Å². The maximum Gasteiger partial charge on any atom is 0.168 e. The van der Waals surface area contributed by atoms with E-state index in [1.54, 1.807) is 11.9 Å².